The fourth-order valence-electron chi connectivity index (χ4n) is 6.66. The Morgan fingerprint density at radius 1 is 1.14 bits per heavy atom. The number of hydrogen-bond donors (Lipinski definition) is 2. The van der Waals surface area contributed by atoms with Gasteiger partial charge in [-0.05, 0) is 31.4 Å². The van der Waals surface area contributed by atoms with Gasteiger partial charge in [-0.2, -0.15) is 23.1 Å². The maximum Gasteiger partial charge on any atom is 0.417 e. The van der Waals surface area contributed by atoms with Crippen molar-refractivity contribution in [2.24, 2.45) is 5.41 Å². The number of fused-ring (bicyclic) bond motifs is 5. The van der Waals surface area contributed by atoms with Crippen molar-refractivity contribution in [2.75, 3.05) is 43.6 Å². The Kier molecular flexibility index (Phi) is 6.73. The number of alkyl halides is 5. The zero-order valence-electron chi connectivity index (χ0n) is 23.3. The topological polar surface area (TPSA) is 108 Å². The molecule has 9 nitrogen and oxygen atoms in total. The molecule has 2 bridgehead atoms. The minimum absolute atomic E-state index is 0.0465. The second-order valence-corrected chi connectivity index (χ2v) is 11.8. The molecular weight excluding hydrogens is 601 g/mol. The minimum atomic E-state index is -5.10. The number of nitrogens with zero attached hydrogens (tertiary/aromatic N) is 4. The van der Waals surface area contributed by atoms with Crippen molar-refractivity contribution in [3.8, 4) is 23.1 Å². The number of pyridine rings is 1. The summed E-state index contributed by atoms with van der Waals surface area (Å²) in [7, 11) is 0. The van der Waals surface area contributed by atoms with E-state index in [0.717, 1.165) is 25.8 Å². The van der Waals surface area contributed by atoms with Gasteiger partial charge in [-0.3, -0.25) is 0 Å². The predicted octanol–water partition coefficient (Wildman–Crippen LogP) is 4.63. The molecule has 0 radical (unpaired) electrons. The lowest BCUT2D eigenvalue weighted by Crippen LogP contribution is -2.59. The summed E-state index contributed by atoms with van der Waals surface area (Å²) in [6.07, 6.45) is -5.70. The Morgan fingerprint density at radius 3 is 2.59 bits per heavy atom. The first-order valence-electron chi connectivity index (χ1n) is 14.1. The van der Waals surface area contributed by atoms with E-state index in [2.05, 4.69) is 20.3 Å². The highest BCUT2D eigenvalue weighted by molar-refractivity contribution is 5.97. The van der Waals surface area contributed by atoms with Crippen molar-refractivity contribution in [1.82, 2.24) is 20.3 Å². The van der Waals surface area contributed by atoms with Crippen LogP contribution in [0.15, 0.2) is 6.07 Å². The van der Waals surface area contributed by atoms with Crippen molar-refractivity contribution < 1.29 is 44.9 Å². The van der Waals surface area contributed by atoms with Crippen LogP contribution in [0.4, 0.5) is 42.2 Å². The summed E-state index contributed by atoms with van der Waals surface area (Å²) < 4.78 is 119. The van der Waals surface area contributed by atoms with Crippen molar-refractivity contribution in [3.05, 3.63) is 28.8 Å². The summed E-state index contributed by atoms with van der Waals surface area (Å²) >= 11 is 0. The summed E-state index contributed by atoms with van der Waals surface area (Å²) in [6, 6.07) is 0.309. The molecule has 1 aromatic carbocycles. The van der Waals surface area contributed by atoms with Crippen LogP contribution in [-0.2, 0) is 10.9 Å². The summed E-state index contributed by atoms with van der Waals surface area (Å²) in [6.45, 7) is 0.481. The highest BCUT2D eigenvalue weighted by atomic mass is 19.4. The maximum atomic E-state index is 16.6. The zero-order chi connectivity index (χ0) is 31.1. The lowest BCUT2D eigenvalue weighted by Gasteiger charge is -2.43. The Balaban J connectivity index is 1.47. The third-order valence-electron chi connectivity index (χ3n) is 8.93. The maximum absolute atomic E-state index is 16.6. The molecule has 4 aliphatic heterocycles. The normalized spacial score (nSPS) is 24.0. The molecule has 0 amide bonds. The van der Waals surface area contributed by atoms with Crippen molar-refractivity contribution in [2.45, 2.75) is 56.9 Å². The van der Waals surface area contributed by atoms with Crippen LogP contribution in [0, 0.1) is 24.0 Å². The Labute approximate surface area is 245 Å². The number of aryl methyl sites for hydroxylation is 1. The monoisotopic (exact) mass is 628 g/mol. The number of nitrogens with two attached hydrogens (primary N) is 1. The van der Waals surface area contributed by atoms with Gasteiger partial charge >= 0.3 is 12.2 Å². The number of piperazine rings is 1. The molecule has 0 spiro atoms. The van der Waals surface area contributed by atoms with Gasteiger partial charge in [-0.25, -0.2) is 22.5 Å². The number of anilines is 2. The third kappa shape index (κ3) is 4.47. The number of nitrogens with one attached hydrogen (secondary N) is 1. The number of halogens is 7. The van der Waals surface area contributed by atoms with E-state index in [0.29, 0.717) is 13.0 Å². The van der Waals surface area contributed by atoms with E-state index < -0.39 is 75.9 Å². The number of aromatic nitrogens is 3. The van der Waals surface area contributed by atoms with Gasteiger partial charge in [0, 0.05) is 31.1 Å². The van der Waals surface area contributed by atoms with Crippen molar-refractivity contribution >= 4 is 22.4 Å². The molecule has 44 heavy (non-hydrogen) atoms. The van der Waals surface area contributed by atoms with E-state index in [1.807, 2.05) is 4.90 Å². The van der Waals surface area contributed by atoms with Gasteiger partial charge in [-0.15, -0.1) is 0 Å². The molecule has 0 unspecified atom stereocenters. The second-order valence-electron chi connectivity index (χ2n) is 11.8. The molecule has 0 saturated carbocycles. The van der Waals surface area contributed by atoms with Crippen molar-refractivity contribution in [3.63, 3.8) is 0 Å². The zero-order valence-corrected chi connectivity index (χ0v) is 23.3. The van der Waals surface area contributed by atoms with Crippen LogP contribution in [0.3, 0.4) is 0 Å². The molecule has 6 heterocycles. The van der Waals surface area contributed by atoms with Crippen LogP contribution in [0.5, 0.6) is 11.9 Å². The van der Waals surface area contributed by atoms with Crippen molar-refractivity contribution in [1.29, 1.82) is 0 Å². The lowest BCUT2D eigenvalue weighted by atomic mass is 9.88. The van der Waals surface area contributed by atoms with E-state index in [1.165, 1.54) is 0 Å². The average Bonchev–Trinajstić information content (AvgIpc) is 3.32. The fourth-order valence-corrected chi connectivity index (χ4v) is 6.66. The average molecular weight is 629 g/mol. The van der Waals surface area contributed by atoms with E-state index >= 15 is 8.78 Å². The molecule has 3 aromatic rings. The standard InChI is InChI=1S/C28H27F7N6O3/c1-11-6-13(36)19(29)16(18(11)28(33,34)35)21-20(30)22-17-23(40-26(39-22)44-10-27(25(31)32)8-42-9-27)41-7-12-2-3-14(37-12)15(41)4-5-43-24(17)38-21/h6,12,14-15,25,37H,2-5,7-10,36H2,1H3/t12-,14+,15-/m1/s1. The first-order chi connectivity index (χ1) is 20.9. The number of hydrogen-bond acceptors (Lipinski definition) is 9. The molecular formula is C28H27F7N6O3. The molecule has 2 aromatic heterocycles. The van der Waals surface area contributed by atoms with Crippen LogP contribution >= 0.6 is 0 Å². The van der Waals surface area contributed by atoms with Crippen LogP contribution in [0.1, 0.15) is 30.4 Å². The first-order valence-corrected chi connectivity index (χ1v) is 14.1. The molecule has 3 N–H and O–H groups in total. The van der Waals surface area contributed by atoms with Gasteiger partial charge in [0.1, 0.15) is 34.4 Å². The largest absolute Gasteiger partial charge is 0.477 e. The highest BCUT2D eigenvalue weighted by Gasteiger charge is 2.49. The van der Waals surface area contributed by atoms with Gasteiger partial charge in [-0.1, -0.05) is 0 Å². The smallest absolute Gasteiger partial charge is 0.417 e. The SMILES string of the molecule is Cc1cc(N)c(F)c(-c2nc3c4c(nc(OCC5(C(F)F)COC5)nc4c2F)N2C[C@H]4CC[C@H](N4)[C@H]2CCO3)c1C(F)(F)F. The van der Waals surface area contributed by atoms with E-state index in [-0.39, 0.29) is 55.0 Å². The van der Waals surface area contributed by atoms with Crippen LogP contribution < -0.4 is 25.4 Å². The van der Waals surface area contributed by atoms with Gasteiger partial charge in [0.2, 0.25) is 5.88 Å². The molecule has 0 aliphatic carbocycles. The summed E-state index contributed by atoms with van der Waals surface area (Å²) in [5.74, 6) is -3.08. The number of ether oxygens (including phenoxy) is 3. The van der Waals surface area contributed by atoms with Crippen LogP contribution in [-0.4, -0.2) is 72.5 Å². The first kappa shape index (κ1) is 29.1. The quantitative estimate of drug-likeness (QED) is 0.309. The summed E-state index contributed by atoms with van der Waals surface area (Å²) in [5, 5.41) is 3.49. The molecule has 236 valence electrons. The molecule has 3 atom stereocenters. The fraction of sp³-hybridized carbons (Fsp3) is 0.536. The van der Waals surface area contributed by atoms with Gasteiger partial charge < -0.3 is 30.2 Å². The van der Waals surface area contributed by atoms with Crippen LogP contribution in [0.2, 0.25) is 0 Å². The number of rotatable bonds is 5. The Bertz CT molecular complexity index is 1650. The molecule has 7 rings (SSSR count). The molecule has 3 fully saturated rings. The summed E-state index contributed by atoms with van der Waals surface area (Å²) in [4.78, 5) is 14.7. The van der Waals surface area contributed by atoms with E-state index in [1.54, 1.807) is 0 Å². The lowest BCUT2D eigenvalue weighted by molar-refractivity contribution is -0.199. The van der Waals surface area contributed by atoms with Gasteiger partial charge in [0.05, 0.1) is 36.6 Å². The number of nitrogen functional groups attached to an aromatic ring is 1. The van der Waals surface area contributed by atoms with E-state index in [4.69, 9.17) is 19.9 Å². The van der Waals surface area contributed by atoms with Gasteiger partial charge in [0.15, 0.2) is 11.6 Å². The predicted molar refractivity (Wildman–Crippen MR) is 143 cm³/mol. The third-order valence-corrected chi connectivity index (χ3v) is 8.93. The Hall–Kier alpha value is -3.66. The van der Waals surface area contributed by atoms with Crippen LogP contribution in [0.25, 0.3) is 22.2 Å². The van der Waals surface area contributed by atoms with E-state index in [9.17, 15) is 22.0 Å². The summed E-state index contributed by atoms with van der Waals surface area (Å²) in [5.41, 5.74) is -1.24. The Morgan fingerprint density at radius 2 is 1.91 bits per heavy atom. The molecule has 3 saturated heterocycles. The molecule has 16 heteroatoms. The highest BCUT2D eigenvalue weighted by Crippen LogP contribution is 2.47. The molecule has 4 aliphatic rings. The second kappa shape index (κ2) is 10.2. The van der Waals surface area contributed by atoms with Gasteiger partial charge in [0.25, 0.3) is 6.43 Å². The minimum Gasteiger partial charge on any atom is -0.477 e. The number of benzene rings is 1.